The molecular weight excluding hydrogens is 430 g/mol. The highest BCUT2D eigenvalue weighted by molar-refractivity contribution is 5.68. The number of morpholine rings is 1. The van der Waals surface area contributed by atoms with Crippen LogP contribution in [0.3, 0.4) is 0 Å². The average molecular weight is 466 g/mol. The molecule has 0 amide bonds. The molecule has 2 aromatic carbocycles. The molecule has 1 N–H and O–H groups in total. The highest BCUT2D eigenvalue weighted by Crippen LogP contribution is 2.33. The van der Waals surface area contributed by atoms with Crippen molar-refractivity contribution in [3.8, 4) is 11.3 Å². The van der Waals surface area contributed by atoms with Crippen LogP contribution in [0.4, 0.5) is 5.88 Å². The highest BCUT2D eigenvalue weighted by Gasteiger charge is 2.26. The van der Waals surface area contributed by atoms with E-state index in [0.29, 0.717) is 39.5 Å². The first kappa shape index (κ1) is 24.4. The van der Waals surface area contributed by atoms with Gasteiger partial charge in [-0.15, -0.1) is 0 Å². The molecule has 34 heavy (non-hydrogen) atoms. The quantitative estimate of drug-likeness (QED) is 0.434. The van der Waals surface area contributed by atoms with Crippen LogP contribution in [-0.2, 0) is 22.6 Å². The lowest BCUT2D eigenvalue weighted by molar-refractivity contribution is 0.00857. The van der Waals surface area contributed by atoms with E-state index >= 15 is 0 Å². The maximum atomic E-state index is 10.7. The minimum atomic E-state index is -0.581. The van der Waals surface area contributed by atoms with E-state index in [9.17, 15) is 5.11 Å². The Labute approximate surface area is 201 Å². The van der Waals surface area contributed by atoms with Crippen molar-refractivity contribution in [3.05, 3.63) is 71.8 Å². The molecule has 0 bridgehead atoms. The van der Waals surface area contributed by atoms with Gasteiger partial charge in [-0.25, -0.2) is 0 Å². The van der Waals surface area contributed by atoms with Crippen LogP contribution in [-0.4, -0.2) is 67.3 Å². The second-order valence-corrected chi connectivity index (χ2v) is 8.67. The number of hydrogen-bond donors (Lipinski definition) is 1. The molecule has 7 nitrogen and oxygen atoms in total. The van der Waals surface area contributed by atoms with E-state index in [1.54, 1.807) is 0 Å². The number of benzene rings is 2. The molecule has 1 aliphatic heterocycles. The fourth-order valence-corrected chi connectivity index (χ4v) is 4.29. The highest BCUT2D eigenvalue weighted by atomic mass is 16.5. The Hall–Kier alpha value is -2.71. The maximum Gasteiger partial charge on any atom is 0.232 e. The van der Waals surface area contributed by atoms with Gasteiger partial charge < -0.3 is 24.0 Å². The summed E-state index contributed by atoms with van der Waals surface area (Å²) in [4.78, 5) is 4.47. The van der Waals surface area contributed by atoms with Crippen LogP contribution in [0.2, 0.25) is 0 Å². The summed E-state index contributed by atoms with van der Waals surface area (Å²) in [6.45, 7) is 7.87. The molecule has 1 aromatic heterocycles. The summed E-state index contributed by atoms with van der Waals surface area (Å²) in [6.07, 6.45) is 0.401. The van der Waals surface area contributed by atoms with Gasteiger partial charge in [0.25, 0.3) is 0 Å². The molecule has 1 fully saturated rings. The maximum absolute atomic E-state index is 10.7. The van der Waals surface area contributed by atoms with Crippen LogP contribution in [0, 0.1) is 0 Å². The summed E-state index contributed by atoms with van der Waals surface area (Å²) in [5, 5.41) is 15.2. The van der Waals surface area contributed by atoms with Gasteiger partial charge in [0.05, 0.1) is 38.1 Å². The number of anilines is 1. The van der Waals surface area contributed by atoms with E-state index in [0.717, 1.165) is 54.3 Å². The number of nitrogens with zero attached hydrogens (tertiary/aromatic N) is 3. The normalized spacial score (nSPS) is 15.1. The van der Waals surface area contributed by atoms with Crippen LogP contribution < -0.4 is 4.90 Å². The van der Waals surface area contributed by atoms with Gasteiger partial charge in [0, 0.05) is 31.7 Å². The van der Waals surface area contributed by atoms with Gasteiger partial charge in [0.15, 0.2) is 0 Å². The zero-order chi connectivity index (χ0) is 23.6. The zero-order valence-electron chi connectivity index (χ0n) is 19.9. The summed E-state index contributed by atoms with van der Waals surface area (Å²) < 4.78 is 17.2. The standard InChI is InChI=1S/C27H35N3O4/c1-2-13-29(18-24(31)21-33-20-22-9-5-3-6-10-22)19-25-26(23-11-7-4-8-12-23)28-34-27(25)30-14-16-32-17-15-30/h3-12,24,31H,2,13-21H2,1H3/t24-/m1/s1. The summed E-state index contributed by atoms with van der Waals surface area (Å²) in [7, 11) is 0. The minimum absolute atomic E-state index is 0.292. The molecule has 0 unspecified atom stereocenters. The largest absolute Gasteiger partial charge is 0.389 e. The lowest BCUT2D eigenvalue weighted by atomic mass is 10.1. The van der Waals surface area contributed by atoms with Crippen molar-refractivity contribution >= 4 is 5.88 Å². The van der Waals surface area contributed by atoms with E-state index in [4.69, 9.17) is 14.0 Å². The third kappa shape index (κ3) is 6.67. The van der Waals surface area contributed by atoms with E-state index in [1.165, 1.54) is 0 Å². The molecule has 4 rings (SSSR count). The lowest BCUT2D eigenvalue weighted by Crippen LogP contribution is -2.38. The lowest BCUT2D eigenvalue weighted by Gasteiger charge is -2.29. The molecular formula is C27H35N3O4. The Morgan fingerprint density at radius 2 is 1.76 bits per heavy atom. The van der Waals surface area contributed by atoms with Gasteiger partial charge in [0.2, 0.25) is 5.88 Å². The van der Waals surface area contributed by atoms with Gasteiger partial charge in [-0.2, -0.15) is 0 Å². The number of aromatic nitrogens is 1. The van der Waals surface area contributed by atoms with Crippen molar-refractivity contribution in [2.75, 3.05) is 50.9 Å². The molecule has 0 saturated carbocycles. The van der Waals surface area contributed by atoms with Crippen LogP contribution in [0.1, 0.15) is 24.5 Å². The molecule has 2 heterocycles. The molecule has 1 atom stereocenters. The van der Waals surface area contributed by atoms with Gasteiger partial charge >= 0.3 is 0 Å². The van der Waals surface area contributed by atoms with Crippen LogP contribution in [0.5, 0.6) is 0 Å². The predicted molar refractivity (Wildman–Crippen MR) is 133 cm³/mol. The van der Waals surface area contributed by atoms with Crippen molar-refractivity contribution in [2.45, 2.75) is 32.6 Å². The van der Waals surface area contributed by atoms with Gasteiger partial charge in [0.1, 0.15) is 5.69 Å². The monoisotopic (exact) mass is 465 g/mol. The minimum Gasteiger partial charge on any atom is -0.389 e. The summed E-state index contributed by atoms with van der Waals surface area (Å²) in [5.41, 5.74) is 4.05. The molecule has 1 aliphatic rings. The topological polar surface area (TPSA) is 71.2 Å². The number of rotatable bonds is 12. The van der Waals surface area contributed by atoms with Crippen LogP contribution in [0.25, 0.3) is 11.3 Å². The van der Waals surface area contributed by atoms with E-state index in [-0.39, 0.29) is 0 Å². The third-order valence-electron chi connectivity index (χ3n) is 5.93. The van der Waals surface area contributed by atoms with Crippen LogP contribution in [0.15, 0.2) is 65.2 Å². The van der Waals surface area contributed by atoms with E-state index < -0.39 is 6.10 Å². The van der Waals surface area contributed by atoms with Gasteiger partial charge in [-0.1, -0.05) is 72.7 Å². The fraction of sp³-hybridized carbons (Fsp3) is 0.444. The molecule has 1 saturated heterocycles. The molecule has 182 valence electrons. The van der Waals surface area contributed by atoms with Crippen molar-refractivity contribution in [3.63, 3.8) is 0 Å². The van der Waals surface area contributed by atoms with E-state index in [2.05, 4.69) is 34.0 Å². The Kier molecular flexibility index (Phi) is 9.10. The SMILES string of the molecule is CCCN(Cc1c(-c2ccccc2)noc1N1CCOCC1)C[C@@H](O)COCc1ccccc1. The number of aliphatic hydroxyl groups excluding tert-OH is 1. The second-order valence-electron chi connectivity index (χ2n) is 8.67. The Balaban J connectivity index is 1.46. The summed E-state index contributed by atoms with van der Waals surface area (Å²) >= 11 is 0. The third-order valence-corrected chi connectivity index (χ3v) is 5.93. The van der Waals surface area contributed by atoms with Gasteiger partial charge in [-0.05, 0) is 18.5 Å². The fourth-order valence-electron chi connectivity index (χ4n) is 4.29. The van der Waals surface area contributed by atoms with Crippen molar-refractivity contribution in [1.29, 1.82) is 0 Å². The number of hydrogen-bond acceptors (Lipinski definition) is 7. The zero-order valence-corrected chi connectivity index (χ0v) is 19.9. The molecule has 0 radical (unpaired) electrons. The van der Waals surface area contributed by atoms with Crippen molar-refractivity contribution in [1.82, 2.24) is 10.1 Å². The summed E-state index contributed by atoms with van der Waals surface area (Å²) in [5.74, 6) is 0.804. The molecule has 7 heteroatoms. The Morgan fingerprint density at radius 1 is 1.06 bits per heavy atom. The first-order chi connectivity index (χ1) is 16.7. The van der Waals surface area contributed by atoms with Crippen LogP contribution >= 0.6 is 0 Å². The second kappa shape index (κ2) is 12.7. The van der Waals surface area contributed by atoms with Crippen molar-refractivity contribution in [2.24, 2.45) is 0 Å². The average Bonchev–Trinajstić information content (AvgIpc) is 3.29. The molecule has 3 aromatic rings. The predicted octanol–water partition coefficient (Wildman–Crippen LogP) is 3.97. The van der Waals surface area contributed by atoms with Crippen molar-refractivity contribution < 1.29 is 19.1 Å². The number of aliphatic hydroxyl groups is 1. The first-order valence-electron chi connectivity index (χ1n) is 12.1. The Bertz CT molecular complexity index is 974. The first-order valence-corrected chi connectivity index (χ1v) is 12.1. The number of ether oxygens (including phenoxy) is 2. The van der Waals surface area contributed by atoms with Gasteiger partial charge in [-0.3, -0.25) is 4.90 Å². The van der Waals surface area contributed by atoms with E-state index in [1.807, 2.05) is 48.5 Å². The smallest absolute Gasteiger partial charge is 0.232 e. The summed E-state index contributed by atoms with van der Waals surface area (Å²) in [6, 6.07) is 20.2. The molecule has 0 aliphatic carbocycles. The molecule has 0 spiro atoms. The Morgan fingerprint density at radius 3 is 2.47 bits per heavy atom.